The van der Waals surface area contributed by atoms with Gasteiger partial charge in [-0.1, -0.05) is 18.5 Å². The van der Waals surface area contributed by atoms with Gasteiger partial charge in [-0.2, -0.15) is 10.2 Å². The fourth-order valence-corrected chi connectivity index (χ4v) is 1.86. The van der Waals surface area contributed by atoms with Crippen molar-refractivity contribution in [1.29, 1.82) is 0 Å². The second-order valence-electron chi connectivity index (χ2n) is 4.14. The summed E-state index contributed by atoms with van der Waals surface area (Å²) in [6.45, 7) is 4.41. The molecule has 2 aromatic rings. The van der Waals surface area contributed by atoms with E-state index in [0.717, 1.165) is 6.42 Å². The first kappa shape index (κ1) is 13.5. The van der Waals surface area contributed by atoms with Crippen LogP contribution in [-0.2, 0) is 6.54 Å². The molecule has 0 radical (unpaired) electrons. The molecule has 0 spiro atoms. The highest BCUT2D eigenvalue weighted by Crippen LogP contribution is 2.20. The second-order valence-corrected chi connectivity index (χ2v) is 4.52. The van der Waals surface area contributed by atoms with Crippen molar-refractivity contribution < 1.29 is 0 Å². The van der Waals surface area contributed by atoms with E-state index in [9.17, 15) is 4.79 Å². The number of nitrogens with one attached hydrogen (secondary N) is 2. The predicted octanol–water partition coefficient (Wildman–Crippen LogP) is 1.60. The standard InChI is InChI=1S/C11H15ClN6O/c1-3-4-18-11(19)9(12)8(5-15-18)16-7(2)10-13-6-14-17-10/h5-7,16H,3-4H2,1-2H3,(H,13,14,17). The third-order valence-electron chi connectivity index (χ3n) is 2.64. The fourth-order valence-electron chi connectivity index (χ4n) is 1.66. The lowest BCUT2D eigenvalue weighted by atomic mass is 10.3. The van der Waals surface area contributed by atoms with Crippen LogP contribution >= 0.6 is 11.6 Å². The molecule has 0 aliphatic heterocycles. The topological polar surface area (TPSA) is 88.5 Å². The molecule has 1 unspecified atom stereocenters. The van der Waals surface area contributed by atoms with E-state index in [-0.39, 0.29) is 16.6 Å². The Morgan fingerprint density at radius 2 is 2.37 bits per heavy atom. The first-order valence-electron chi connectivity index (χ1n) is 6.01. The Morgan fingerprint density at radius 1 is 1.58 bits per heavy atom. The van der Waals surface area contributed by atoms with E-state index in [1.165, 1.54) is 11.0 Å². The van der Waals surface area contributed by atoms with Crippen LogP contribution in [0.4, 0.5) is 5.69 Å². The molecule has 0 aromatic carbocycles. The molecule has 102 valence electrons. The molecule has 1 atom stereocenters. The quantitative estimate of drug-likeness (QED) is 0.869. The summed E-state index contributed by atoms with van der Waals surface area (Å²) in [5, 5.41) is 13.8. The van der Waals surface area contributed by atoms with Crippen molar-refractivity contribution in [1.82, 2.24) is 25.0 Å². The van der Waals surface area contributed by atoms with Crippen molar-refractivity contribution >= 4 is 17.3 Å². The predicted molar refractivity (Wildman–Crippen MR) is 72.2 cm³/mol. The first-order valence-corrected chi connectivity index (χ1v) is 6.38. The lowest BCUT2D eigenvalue weighted by Crippen LogP contribution is -2.24. The Labute approximate surface area is 115 Å². The SMILES string of the molecule is CCCn1ncc(NC(C)c2ncn[nH]2)c(Cl)c1=O. The molecule has 0 amide bonds. The molecule has 2 N–H and O–H groups in total. The lowest BCUT2D eigenvalue weighted by molar-refractivity contribution is 0.568. The van der Waals surface area contributed by atoms with E-state index in [4.69, 9.17) is 11.6 Å². The van der Waals surface area contributed by atoms with Gasteiger partial charge in [0.05, 0.1) is 17.9 Å². The summed E-state index contributed by atoms with van der Waals surface area (Å²) in [7, 11) is 0. The maximum absolute atomic E-state index is 11.9. The molecule has 0 aliphatic carbocycles. The van der Waals surface area contributed by atoms with Gasteiger partial charge >= 0.3 is 0 Å². The zero-order chi connectivity index (χ0) is 13.8. The number of aryl methyl sites for hydroxylation is 1. The van der Waals surface area contributed by atoms with Crippen LogP contribution in [-0.4, -0.2) is 25.0 Å². The summed E-state index contributed by atoms with van der Waals surface area (Å²) in [4.78, 5) is 16.0. The number of halogens is 1. The Hall–Kier alpha value is -1.89. The van der Waals surface area contributed by atoms with Crippen LogP contribution in [0.15, 0.2) is 17.3 Å². The minimum atomic E-state index is -0.293. The maximum Gasteiger partial charge on any atom is 0.287 e. The Kier molecular flexibility index (Phi) is 4.16. The van der Waals surface area contributed by atoms with Gasteiger partial charge in [-0.3, -0.25) is 9.89 Å². The van der Waals surface area contributed by atoms with E-state index in [0.29, 0.717) is 18.1 Å². The number of rotatable bonds is 5. The average molecular weight is 283 g/mol. The lowest BCUT2D eigenvalue weighted by Gasteiger charge is -2.14. The van der Waals surface area contributed by atoms with Crippen molar-refractivity contribution in [3.63, 3.8) is 0 Å². The van der Waals surface area contributed by atoms with Crippen LogP contribution in [0.5, 0.6) is 0 Å². The van der Waals surface area contributed by atoms with Gasteiger partial charge in [0, 0.05) is 6.54 Å². The smallest absolute Gasteiger partial charge is 0.287 e. The van der Waals surface area contributed by atoms with Gasteiger partial charge in [0.2, 0.25) is 0 Å². The molecule has 0 fully saturated rings. The third kappa shape index (κ3) is 2.93. The molecule has 0 saturated carbocycles. The number of hydrogen-bond acceptors (Lipinski definition) is 5. The van der Waals surface area contributed by atoms with Gasteiger partial charge in [-0.05, 0) is 13.3 Å². The first-order chi connectivity index (χ1) is 9.13. The van der Waals surface area contributed by atoms with Crippen LogP contribution < -0.4 is 10.9 Å². The van der Waals surface area contributed by atoms with Crippen molar-refractivity contribution in [2.75, 3.05) is 5.32 Å². The average Bonchev–Trinajstić information content (AvgIpc) is 2.92. The third-order valence-corrected chi connectivity index (χ3v) is 3.00. The molecule has 19 heavy (non-hydrogen) atoms. The summed E-state index contributed by atoms with van der Waals surface area (Å²) in [6, 6.07) is -0.150. The monoisotopic (exact) mass is 282 g/mol. The maximum atomic E-state index is 11.9. The van der Waals surface area contributed by atoms with Crippen molar-refractivity contribution in [3.8, 4) is 0 Å². The minimum Gasteiger partial charge on any atom is -0.373 e. The number of hydrogen-bond donors (Lipinski definition) is 2. The van der Waals surface area contributed by atoms with Crippen LogP contribution in [0.3, 0.4) is 0 Å². The molecule has 0 saturated heterocycles. The second kappa shape index (κ2) is 5.83. The van der Waals surface area contributed by atoms with Crippen molar-refractivity contribution in [2.45, 2.75) is 32.9 Å². The molecule has 2 aromatic heterocycles. The summed E-state index contributed by atoms with van der Waals surface area (Å²) >= 11 is 6.06. The Balaban J connectivity index is 2.22. The van der Waals surface area contributed by atoms with Crippen LogP contribution in [0.25, 0.3) is 0 Å². The van der Waals surface area contributed by atoms with Gasteiger partial charge in [0.1, 0.15) is 17.2 Å². The summed E-state index contributed by atoms with van der Waals surface area (Å²) in [6.07, 6.45) is 3.79. The molecule has 0 aliphatic rings. The van der Waals surface area contributed by atoms with Gasteiger partial charge < -0.3 is 5.32 Å². The van der Waals surface area contributed by atoms with Gasteiger partial charge in [0.25, 0.3) is 5.56 Å². The molecular weight excluding hydrogens is 268 g/mol. The summed E-state index contributed by atoms with van der Waals surface area (Å²) in [5.74, 6) is 0.661. The van der Waals surface area contributed by atoms with E-state index in [2.05, 4.69) is 25.6 Å². The minimum absolute atomic E-state index is 0.134. The Morgan fingerprint density at radius 3 is 3.00 bits per heavy atom. The molecule has 2 rings (SSSR count). The number of H-pyrrole nitrogens is 1. The number of aromatic nitrogens is 5. The molecule has 0 bridgehead atoms. The van der Waals surface area contributed by atoms with Gasteiger partial charge in [-0.15, -0.1) is 0 Å². The molecular formula is C11H15ClN6O. The highest BCUT2D eigenvalue weighted by Gasteiger charge is 2.13. The van der Waals surface area contributed by atoms with Gasteiger partial charge in [0.15, 0.2) is 0 Å². The van der Waals surface area contributed by atoms with E-state index < -0.39 is 0 Å². The fraction of sp³-hybridized carbons (Fsp3) is 0.455. The summed E-state index contributed by atoms with van der Waals surface area (Å²) < 4.78 is 1.35. The summed E-state index contributed by atoms with van der Waals surface area (Å²) in [5.41, 5.74) is 0.196. The number of anilines is 1. The van der Waals surface area contributed by atoms with Crippen LogP contribution in [0.2, 0.25) is 5.02 Å². The number of aromatic amines is 1. The van der Waals surface area contributed by atoms with Crippen molar-refractivity contribution in [2.24, 2.45) is 0 Å². The largest absolute Gasteiger partial charge is 0.373 e. The normalized spacial score (nSPS) is 12.4. The van der Waals surface area contributed by atoms with E-state index in [1.807, 2.05) is 13.8 Å². The zero-order valence-electron chi connectivity index (χ0n) is 10.7. The molecule has 7 nitrogen and oxygen atoms in total. The molecule has 8 heteroatoms. The van der Waals surface area contributed by atoms with Crippen LogP contribution in [0, 0.1) is 0 Å². The molecule has 2 heterocycles. The van der Waals surface area contributed by atoms with Gasteiger partial charge in [-0.25, -0.2) is 9.67 Å². The zero-order valence-corrected chi connectivity index (χ0v) is 11.5. The van der Waals surface area contributed by atoms with Crippen molar-refractivity contribution in [3.05, 3.63) is 33.7 Å². The van der Waals surface area contributed by atoms with E-state index >= 15 is 0 Å². The Bertz CT molecular complexity index is 594. The van der Waals surface area contributed by atoms with Crippen LogP contribution in [0.1, 0.15) is 32.1 Å². The van der Waals surface area contributed by atoms with E-state index in [1.54, 1.807) is 6.20 Å². The highest BCUT2D eigenvalue weighted by atomic mass is 35.5. The highest BCUT2D eigenvalue weighted by molar-refractivity contribution is 6.32. The number of nitrogens with zero attached hydrogens (tertiary/aromatic N) is 4.